The van der Waals surface area contributed by atoms with Gasteiger partial charge in [-0.3, -0.25) is 9.59 Å². The Morgan fingerprint density at radius 1 is 1.11 bits per heavy atom. The number of hydrogen-bond donors (Lipinski definition) is 0. The fraction of sp³-hybridized carbons (Fsp3) is 0.600. The predicted molar refractivity (Wildman–Crippen MR) is 38.1 cm³/mol. The van der Waals surface area contributed by atoms with Crippen LogP contribution in [0.3, 0.4) is 0 Å². The summed E-state index contributed by atoms with van der Waals surface area (Å²) in [6.45, 7) is 2.81. The first kappa shape index (κ1) is 16.0. The molecular formula is C5H12O3Sn. The van der Waals surface area contributed by atoms with E-state index in [1.807, 2.05) is 0 Å². The fourth-order valence-electron chi connectivity index (χ4n) is 0.351. The van der Waals surface area contributed by atoms with Gasteiger partial charge in [0.2, 0.25) is 0 Å². The summed E-state index contributed by atoms with van der Waals surface area (Å²) in [6, 6.07) is 0. The monoisotopic (exact) mass is 240 g/mol. The van der Waals surface area contributed by atoms with Gasteiger partial charge in [-0.2, -0.15) is 0 Å². The molecule has 0 aliphatic rings. The fourth-order valence-corrected chi connectivity index (χ4v) is 0.351. The molecule has 0 atom stereocenters. The normalized spacial score (nSPS) is 6.44. The van der Waals surface area contributed by atoms with E-state index in [9.17, 15) is 9.59 Å². The molecule has 0 heterocycles. The third-order valence-electron chi connectivity index (χ3n) is 0.498. The van der Waals surface area contributed by atoms with Crippen molar-refractivity contribution in [3.63, 3.8) is 0 Å². The Morgan fingerprint density at radius 2 is 1.33 bits per heavy atom. The summed E-state index contributed by atoms with van der Waals surface area (Å²) in [4.78, 5) is 20.1. The summed E-state index contributed by atoms with van der Waals surface area (Å²) >= 11 is 0. The maximum absolute atomic E-state index is 10.0. The van der Waals surface area contributed by atoms with E-state index in [1.54, 1.807) is 0 Å². The van der Waals surface area contributed by atoms with Crippen LogP contribution in [0.1, 0.15) is 20.3 Å². The summed E-state index contributed by atoms with van der Waals surface area (Å²) in [5, 5.41) is 0. The first-order valence-corrected chi connectivity index (χ1v) is 2.12. The number of ketones is 2. The van der Waals surface area contributed by atoms with Crippen molar-refractivity contribution in [3.8, 4) is 0 Å². The van der Waals surface area contributed by atoms with Gasteiger partial charge in [-0.05, 0) is 13.8 Å². The predicted octanol–water partition coefficient (Wildman–Crippen LogP) is -1.19. The van der Waals surface area contributed by atoms with E-state index in [0.29, 0.717) is 0 Å². The number of carbonyl (C=O) groups is 2. The third-order valence-corrected chi connectivity index (χ3v) is 0.498. The molecule has 0 aromatic rings. The zero-order chi connectivity index (χ0) is 5.86. The molecule has 0 aromatic heterocycles. The zero-order valence-electron chi connectivity index (χ0n) is 5.73. The van der Waals surface area contributed by atoms with Crippen molar-refractivity contribution >= 4 is 35.5 Å². The molecule has 0 aliphatic heterocycles. The van der Waals surface area contributed by atoms with Gasteiger partial charge in [-0.1, -0.05) is 0 Å². The summed E-state index contributed by atoms with van der Waals surface area (Å²) in [7, 11) is 0. The van der Waals surface area contributed by atoms with Crippen LogP contribution in [0.4, 0.5) is 0 Å². The Labute approximate surface area is 71.1 Å². The molecule has 0 bridgehead atoms. The molecule has 3 nitrogen and oxygen atoms in total. The molecule has 0 saturated carbocycles. The molecule has 0 fully saturated rings. The maximum atomic E-state index is 10.0. The van der Waals surface area contributed by atoms with Gasteiger partial charge in [0.15, 0.2) is 0 Å². The van der Waals surface area contributed by atoms with Gasteiger partial charge in [0, 0.05) is 0 Å². The van der Waals surface area contributed by atoms with E-state index >= 15 is 0 Å². The van der Waals surface area contributed by atoms with Gasteiger partial charge < -0.3 is 5.48 Å². The third kappa shape index (κ3) is 17.9. The van der Waals surface area contributed by atoms with E-state index in [0.717, 1.165) is 0 Å². The minimum absolute atomic E-state index is 0. The molecule has 9 heavy (non-hydrogen) atoms. The van der Waals surface area contributed by atoms with Gasteiger partial charge >= 0.3 is 23.9 Å². The first-order valence-electron chi connectivity index (χ1n) is 2.12. The Morgan fingerprint density at radius 3 is 1.33 bits per heavy atom. The SMILES string of the molecule is CC(=O)CC(C)=O.O.[SnH2]. The number of hydrogen-bond acceptors (Lipinski definition) is 2. The Kier molecular flexibility index (Phi) is 14.4. The second-order valence-electron chi connectivity index (χ2n) is 1.58. The topological polar surface area (TPSA) is 65.6 Å². The standard InChI is InChI=1S/C5H8O2.H2O.Sn.2H/c1-4(6)3-5(2)7;;;;/h3H2,1-2H3;1H2;;;. The molecular weight excluding hydrogens is 227 g/mol. The average molecular weight is 239 g/mol. The molecule has 0 rings (SSSR count). The van der Waals surface area contributed by atoms with Crippen molar-refractivity contribution in [1.82, 2.24) is 0 Å². The Bertz CT molecular complexity index is 88.4. The van der Waals surface area contributed by atoms with Crippen LogP contribution in [-0.2, 0) is 9.59 Å². The Hall–Kier alpha value is 0.0987. The Balaban J connectivity index is -0.000000180. The molecule has 4 heteroatoms. The second-order valence-corrected chi connectivity index (χ2v) is 1.58. The average Bonchev–Trinajstić information content (AvgIpc) is 1.27. The van der Waals surface area contributed by atoms with Crippen LogP contribution in [0, 0.1) is 0 Å². The summed E-state index contributed by atoms with van der Waals surface area (Å²) in [5.41, 5.74) is 0. The van der Waals surface area contributed by atoms with Gasteiger partial charge in [0.25, 0.3) is 0 Å². The van der Waals surface area contributed by atoms with Crippen molar-refractivity contribution in [2.75, 3.05) is 0 Å². The van der Waals surface area contributed by atoms with Crippen LogP contribution in [0.25, 0.3) is 0 Å². The van der Waals surface area contributed by atoms with Crippen molar-refractivity contribution in [2.45, 2.75) is 20.3 Å². The van der Waals surface area contributed by atoms with E-state index in [2.05, 4.69) is 0 Å². The summed E-state index contributed by atoms with van der Waals surface area (Å²) in [6.07, 6.45) is 0.0833. The molecule has 0 aliphatic carbocycles. The van der Waals surface area contributed by atoms with E-state index < -0.39 is 0 Å². The van der Waals surface area contributed by atoms with E-state index in [4.69, 9.17) is 0 Å². The van der Waals surface area contributed by atoms with E-state index in [-0.39, 0.29) is 47.4 Å². The zero-order valence-corrected chi connectivity index (χ0v) is 9.77. The van der Waals surface area contributed by atoms with Crippen LogP contribution >= 0.6 is 0 Å². The summed E-state index contributed by atoms with van der Waals surface area (Å²) in [5.74, 6) is -0.125. The summed E-state index contributed by atoms with van der Waals surface area (Å²) < 4.78 is 0. The number of carbonyl (C=O) groups excluding carboxylic acids is 2. The molecule has 0 unspecified atom stereocenters. The minimum atomic E-state index is -0.0625. The van der Waals surface area contributed by atoms with E-state index in [1.165, 1.54) is 13.8 Å². The molecule has 0 spiro atoms. The number of Topliss-reactive ketones (excluding diaryl/α,β-unsaturated/α-hetero) is 2. The quantitative estimate of drug-likeness (QED) is 0.449. The first-order chi connectivity index (χ1) is 3.13. The molecule has 0 saturated heterocycles. The van der Waals surface area contributed by atoms with Crippen LogP contribution in [0.2, 0.25) is 0 Å². The van der Waals surface area contributed by atoms with Gasteiger partial charge in [-0.25, -0.2) is 0 Å². The van der Waals surface area contributed by atoms with Gasteiger partial charge in [-0.15, -0.1) is 0 Å². The van der Waals surface area contributed by atoms with Gasteiger partial charge in [0.05, 0.1) is 6.42 Å². The molecule has 0 aromatic carbocycles. The van der Waals surface area contributed by atoms with Crippen LogP contribution in [0.5, 0.6) is 0 Å². The van der Waals surface area contributed by atoms with Crippen molar-refractivity contribution in [1.29, 1.82) is 0 Å². The number of rotatable bonds is 2. The molecule has 0 amide bonds. The van der Waals surface area contributed by atoms with Gasteiger partial charge in [0.1, 0.15) is 11.6 Å². The molecule has 2 radical (unpaired) electrons. The van der Waals surface area contributed by atoms with Crippen LogP contribution < -0.4 is 0 Å². The van der Waals surface area contributed by atoms with Crippen molar-refractivity contribution in [3.05, 3.63) is 0 Å². The van der Waals surface area contributed by atoms with Crippen molar-refractivity contribution < 1.29 is 15.1 Å². The van der Waals surface area contributed by atoms with Crippen LogP contribution in [-0.4, -0.2) is 41.0 Å². The molecule has 54 valence electrons. The van der Waals surface area contributed by atoms with Crippen LogP contribution in [0.15, 0.2) is 0 Å². The second kappa shape index (κ2) is 8.10. The van der Waals surface area contributed by atoms with Crippen molar-refractivity contribution in [2.24, 2.45) is 0 Å². The molecule has 2 N–H and O–H groups in total.